The monoisotopic (exact) mass is 193 g/mol. The van der Waals surface area contributed by atoms with Crippen LogP contribution in [0.4, 0.5) is 0 Å². The van der Waals surface area contributed by atoms with E-state index in [1.54, 1.807) is 0 Å². The Kier molecular flexibility index (Phi) is 1.96. The Morgan fingerprint density at radius 1 is 1.57 bits per heavy atom. The quantitative estimate of drug-likeness (QED) is 0.731. The molecule has 1 saturated carbocycles. The van der Waals surface area contributed by atoms with E-state index in [9.17, 15) is 4.79 Å². The molecule has 2 rings (SSSR count). The second kappa shape index (κ2) is 2.92. The summed E-state index contributed by atoms with van der Waals surface area (Å²) >= 11 is 0. The van der Waals surface area contributed by atoms with Gasteiger partial charge in [-0.1, -0.05) is 0 Å². The van der Waals surface area contributed by atoms with E-state index in [1.165, 1.54) is 0 Å². The van der Waals surface area contributed by atoms with Gasteiger partial charge in [-0.05, 0) is 38.7 Å². The fourth-order valence-electron chi connectivity index (χ4n) is 1.42. The number of nitrogens with zero attached hydrogens (tertiary/aromatic N) is 1. The molecule has 76 valence electrons. The molecule has 0 saturated heterocycles. The molecule has 0 bridgehead atoms. The van der Waals surface area contributed by atoms with Crippen LogP contribution < -0.4 is 11.4 Å². The van der Waals surface area contributed by atoms with Crippen LogP contribution in [0.2, 0.25) is 0 Å². The van der Waals surface area contributed by atoms with Gasteiger partial charge in [0.15, 0.2) is 0 Å². The van der Waals surface area contributed by atoms with Crippen LogP contribution in [-0.2, 0) is 5.54 Å². The van der Waals surface area contributed by atoms with E-state index in [4.69, 9.17) is 5.73 Å². The molecule has 0 amide bonds. The van der Waals surface area contributed by atoms with Gasteiger partial charge >= 0.3 is 5.69 Å². The molecule has 4 heteroatoms. The Labute approximate surface area is 82.6 Å². The smallest absolute Gasteiger partial charge is 0.321 e. The van der Waals surface area contributed by atoms with Gasteiger partial charge in [-0.15, -0.1) is 0 Å². The van der Waals surface area contributed by atoms with Crippen molar-refractivity contribution >= 4 is 0 Å². The van der Waals surface area contributed by atoms with E-state index in [0.717, 1.165) is 18.5 Å². The van der Waals surface area contributed by atoms with Crippen molar-refractivity contribution in [2.24, 2.45) is 5.73 Å². The third-order valence-electron chi connectivity index (χ3n) is 2.44. The maximum Gasteiger partial charge on any atom is 0.345 e. The van der Waals surface area contributed by atoms with Crippen molar-refractivity contribution in [3.63, 3.8) is 0 Å². The molecule has 3 N–H and O–H groups in total. The summed E-state index contributed by atoms with van der Waals surface area (Å²) in [6.45, 7) is 3.71. The lowest BCUT2D eigenvalue weighted by atomic mass is 10.0. The van der Waals surface area contributed by atoms with Crippen LogP contribution in [0.25, 0.3) is 0 Å². The number of H-pyrrole nitrogens is 1. The summed E-state index contributed by atoms with van der Waals surface area (Å²) < 4.78 is 0. The van der Waals surface area contributed by atoms with E-state index in [1.807, 2.05) is 19.9 Å². The zero-order valence-electron chi connectivity index (χ0n) is 8.50. The van der Waals surface area contributed by atoms with E-state index in [2.05, 4.69) is 9.97 Å². The van der Waals surface area contributed by atoms with Crippen molar-refractivity contribution in [2.45, 2.75) is 38.1 Å². The van der Waals surface area contributed by atoms with Gasteiger partial charge in [0.25, 0.3) is 0 Å². The minimum absolute atomic E-state index is 0.289. The number of hydrogen-bond donors (Lipinski definition) is 2. The lowest BCUT2D eigenvalue weighted by molar-refractivity contribution is 0.529. The van der Waals surface area contributed by atoms with Gasteiger partial charge in [0.05, 0.1) is 11.2 Å². The largest absolute Gasteiger partial charge is 0.345 e. The zero-order chi connectivity index (χ0) is 10.3. The molecule has 4 nitrogen and oxygen atoms in total. The summed E-state index contributed by atoms with van der Waals surface area (Å²) in [5.74, 6) is 0.520. The summed E-state index contributed by atoms with van der Waals surface area (Å²) in [6.07, 6.45) is 2.31. The van der Waals surface area contributed by atoms with Gasteiger partial charge in [-0.25, -0.2) is 4.79 Å². The van der Waals surface area contributed by atoms with Crippen LogP contribution in [-0.4, -0.2) is 9.97 Å². The standard InChI is InChI=1S/C10H15N3O/c1-10(2,11)8-5-7(6-3-4-6)12-9(14)13-8/h5-6H,3-4,11H2,1-2H3,(H,12,13,14). The molecule has 1 heterocycles. The minimum Gasteiger partial charge on any atom is -0.321 e. The lowest BCUT2D eigenvalue weighted by Gasteiger charge is -2.17. The molecule has 0 radical (unpaired) electrons. The second-order valence-electron chi connectivity index (χ2n) is 4.52. The number of hydrogen-bond acceptors (Lipinski definition) is 3. The van der Waals surface area contributed by atoms with Crippen molar-refractivity contribution in [3.8, 4) is 0 Å². The Balaban J connectivity index is 2.46. The number of nitrogens with one attached hydrogen (secondary N) is 1. The Morgan fingerprint density at radius 2 is 2.21 bits per heavy atom. The highest BCUT2D eigenvalue weighted by Gasteiger charge is 2.27. The lowest BCUT2D eigenvalue weighted by Crippen LogP contribution is -2.33. The van der Waals surface area contributed by atoms with E-state index in [-0.39, 0.29) is 5.69 Å². The number of nitrogens with two attached hydrogens (primary N) is 1. The normalized spacial score (nSPS) is 17.1. The predicted molar refractivity (Wildman–Crippen MR) is 54.0 cm³/mol. The zero-order valence-corrected chi connectivity index (χ0v) is 8.50. The molecule has 0 atom stereocenters. The van der Waals surface area contributed by atoms with Crippen molar-refractivity contribution in [2.75, 3.05) is 0 Å². The molecule has 0 unspecified atom stereocenters. The van der Waals surface area contributed by atoms with Crippen molar-refractivity contribution < 1.29 is 0 Å². The van der Waals surface area contributed by atoms with E-state index in [0.29, 0.717) is 11.6 Å². The van der Waals surface area contributed by atoms with Gasteiger partial charge in [0.1, 0.15) is 0 Å². The molecule has 1 aromatic rings. The highest BCUT2D eigenvalue weighted by atomic mass is 16.1. The first-order valence-electron chi connectivity index (χ1n) is 4.87. The SMILES string of the molecule is CC(C)(N)c1cc(C2CC2)[nH]c(=O)n1. The first kappa shape index (κ1) is 9.40. The van der Waals surface area contributed by atoms with Crippen LogP contribution in [0, 0.1) is 0 Å². The summed E-state index contributed by atoms with van der Waals surface area (Å²) in [5.41, 5.74) is 6.72. The molecule has 0 aliphatic heterocycles. The third-order valence-corrected chi connectivity index (χ3v) is 2.44. The first-order valence-corrected chi connectivity index (χ1v) is 4.87. The third kappa shape index (κ3) is 1.85. The fraction of sp³-hybridized carbons (Fsp3) is 0.600. The van der Waals surface area contributed by atoms with E-state index < -0.39 is 5.54 Å². The summed E-state index contributed by atoms with van der Waals surface area (Å²) in [7, 11) is 0. The molecular weight excluding hydrogens is 178 g/mol. The van der Waals surface area contributed by atoms with Crippen LogP contribution in [0.5, 0.6) is 0 Å². The molecule has 0 spiro atoms. The van der Waals surface area contributed by atoms with Gasteiger partial charge in [-0.3, -0.25) is 0 Å². The summed E-state index contributed by atoms with van der Waals surface area (Å²) in [6, 6.07) is 1.92. The summed E-state index contributed by atoms with van der Waals surface area (Å²) in [5, 5.41) is 0. The van der Waals surface area contributed by atoms with Crippen LogP contribution in [0.15, 0.2) is 10.9 Å². The molecule has 0 aromatic carbocycles. The Bertz CT molecular complexity index is 399. The molecular formula is C10H15N3O. The number of rotatable bonds is 2. The van der Waals surface area contributed by atoms with Crippen LogP contribution >= 0.6 is 0 Å². The van der Waals surface area contributed by atoms with Crippen LogP contribution in [0.3, 0.4) is 0 Å². The van der Waals surface area contributed by atoms with Crippen LogP contribution in [0.1, 0.15) is 44.0 Å². The Hall–Kier alpha value is -1.16. The maximum absolute atomic E-state index is 11.3. The number of aromatic nitrogens is 2. The molecule has 1 fully saturated rings. The second-order valence-corrected chi connectivity index (χ2v) is 4.52. The topological polar surface area (TPSA) is 71.8 Å². The predicted octanol–water partition coefficient (Wildman–Crippen LogP) is 0.841. The van der Waals surface area contributed by atoms with Gasteiger partial charge in [-0.2, -0.15) is 4.98 Å². The maximum atomic E-state index is 11.3. The average molecular weight is 193 g/mol. The number of aromatic amines is 1. The Morgan fingerprint density at radius 3 is 2.71 bits per heavy atom. The minimum atomic E-state index is -0.544. The first-order chi connectivity index (χ1) is 6.47. The van der Waals surface area contributed by atoms with Gasteiger partial charge in [0.2, 0.25) is 0 Å². The van der Waals surface area contributed by atoms with E-state index >= 15 is 0 Å². The highest BCUT2D eigenvalue weighted by molar-refractivity contribution is 5.21. The molecule has 1 aliphatic carbocycles. The van der Waals surface area contributed by atoms with Gasteiger partial charge < -0.3 is 10.7 Å². The van der Waals surface area contributed by atoms with Crippen molar-refractivity contribution in [1.29, 1.82) is 0 Å². The fourth-order valence-corrected chi connectivity index (χ4v) is 1.42. The molecule has 14 heavy (non-hydrogen) atoms. The molecule has 1 aliphatic rings. The highest BCUT2D eigenvalue weighted by Crippen LogP contribution is 2.38. The summed E-state index contributed by atoms with van der Waals surface area (Å²) in [4.78, 5) is 17.9. The van der Waals surface area contributed by atoms with Gasteiger partial charge in [0, 0.05) is 5.69 Å². The molecule has 1 aromatic heterocycles. The average Bonchev–Trinajstić information content (AvgIpc) is 2.83. The van der Waals surface area contributed by atoms with Crippen molar-refractivity contribution in [1.82, 2.24) is 9.97 Å². The van der Waals surface area contributed by atoms with Crippen molar-refractivity contribution in [3.05, 3.63) is 27.9 Å².